The Kier molecular flexibility index (Phi) is 3.77. The molecule has 0 aliphatic rings. The van der Waals surface area contributed by atoms with Gasteiger partial charge < -0.3 is 15.0 Å². The van der Waals surface area contributed by atoms with Gasteiger partial charge in [-0.05, 0) is 25.0 Å². The number of ether oxygens (including phenoxy) is 1. The third-order valence-corrected chi connectivity index (χ3v) is 2.38. The summed E-state index contributed by atoms with van der Waals surface area (Å²) < 4.78 is 10.7. The number of hydrogen-bond acceptors (Lipinski definition) is 4. The van der Waals surface area contributed by atoms with Gasteiger partial charge in [0.15, 0.2) is 5.76 Å². The molecule has 17 heavy (non-hydrogen) atoms. The van der Waals surface area contributed by atoms with E-state index in [0.29, 0.717) is 12.4 Å². The van der Waals surface area contributed by atoms with Crippen molar-refractivity contribution in [3.8, 4) is 5.75 Å². The zero-order chi connectivity index (χ0) is 12.1. The van der Waals surface area contributed by atoms with Crippen LogP contribution in [-0.2, 0) is 13.0 Å². The minimum absolute atomic E-state index is 0.116. The zero-order valence-electron chi connectivity index (χ0n) is 9.80. The second-order valence-electron chi connectivity index (χ2n) is 4.06. The second-order valence-corrected chi connectivity index (χ2v) is 4.06. The van der Waals surface area contributed by atoms with Crippen LogP contribution in [0.5, 0.6) is 5.75 Å². The van der Waals surface area contributed by atoms with Crippen molar-refractivity contribution in [1.82, 2.24) is 5.16 Å². The van der Waals surface area contributed by atoms with Crippen LogP contribution in [0.25, 0.3) is 0 Å². The molecule has 0 aliphatic carbocycles. The van der Waals surface area contributed by atoms with Crippen LogP contribution in [0.3, 0.4) is 0 Å². The summed E-state index contributed by atoms with van der Waals surface area (Å²) in [6, 6.07) is 9.80. The number of rotatable bonds is 5. The molecule has 0 bridgehead atoms. The molecule has 2 aromatic rings. The molecule has 0 saturated carbocycles. The van der Waals surface area contributed by atoms with Gasteiger partial charge >= 0.3 is 0 Å². The molecule has 0 amide bonds. The summed E-state index contributed by atoms with van der Waals surface area (Å²) in [4.78, 5) is 0. The maximum atomic E-state index is 5.80. The van der Waals surface area contributed by atoms with Crippen molar-refractivity contribution < 1.29 is 9.26 Å². The Hall–Kier alpha value is -1.81. The van der Waals surface area contributed by atoms with Gasteiger partial charge in [-0.3, -0.25) is 0 Å². The molecule has 4 heteroatoms. The molecular formula is C13H16N2O2. The van der Waals surface area contributed by atoms with E-state index in [2.05, 4.69) is 5.16 Å². The average Bonchev–Trinajstić information content (AvgIpc) is 2.80. The van der Waals surface area contributed by atoms with E-state index in [1.54, 1.807) is 12.3 Å². The molecule has 2 rings (SSSR count). The van der Waals surface area contributed by atoms with Crippen molar-refractivity contribution in [2.45, 2.75) is 26.0 Å². The zero-order valence-corrected chi connectivity index (χ0v) is 9.80. The molecule has 0 spiro atoms. The summed E-state index contributed by atoms with van der Waals surface area (Å²) in [7, 11) is 0. The van der Waals surface area contributed by atoms with Gasteiger partial charge in [-0.25, -0.2) is 0 Å². The Labute approximate surface area is 100 Å². The molecular weight excluding hydrogens is 216 g/mol. The van der Waals surface area contributed by atoms with Gasteiger partial charge in [0.2, 0.25) is 0 Å². The van der Waals surface area contributed by atoms with Gasteiger partial charge in [0.05, 0.1) is 6.20 Å². The number of benzene rings is 1. The van der Waals surface area contributed by atoms with Crippen molar-refractivity contribution in [3.63, 3.8) is 0 Å². The monoisotopic (exact) mass is 232 g/mol. The van der Waals surface area contributed by atoms with Crippen LogP contribution in [-0.4, -0.2) is 11.2 Å². The molecule has 1 unspecified atom stereocenters. The minimum Gasteiger partial charge on any atom is -0.485 e. The highest BCUT2D eigenvalue weighted by Gasteiger charge is 2.06. The first-order valence-corrected chi connectivity index (χ1v) is 5.61. The average molecular weight is 232 g/mol. The van der Waals surface area contributed by atoms with Crippen LogP contribution in [0, 0.1) is 0 Å². The van der Waals surface area contributed by atoms with Gasteiger partial charge in [-0.15, -0.1) is 0 Å². The van der Waals surface area contributed by atoms with Crippen LogP contribution in [0.15, 0.2) is 41.1 Å². The fraction of sp³-hybridized carbons (Fsp3) is 0.308. The summed E-state index contributed by atoms with van der Waals surface area (Å²) in [5, 5.41) is 3.63. The molecule has 2 N–H and O–H groups in total. The van der Waals surface area contributed by atoms with E-state index in [-0.39, 0.29) is 6.04 Å². The maximum Gasteiger partial charge on any atom is 0.174 e. The Balaban J connectivity index is 2.04. The highest BCUT2D eigenvalue weighted by Crippen LogP contribution is 2.20. The Morgan fingerprint density at radius 2 is 2.18 bits per heavy atom. The van der Waals surface area contributed by atoms with Crippen molar-refractivity contribution in [2.75, 3.05) is 0 Å². The summed E-state index contributed by atoms with van der Waals surface area (Å²) >= 11 is 0. The van der Waals surface area contributed by atoms with Crippen molar-refractivity contribution in [2.24, 2.45) is 5.73 Å². The van der Waals surface area contributed by atoms with E-state index in [1.165, 1.54) is 0 Å². The molecule has 0 saturated heterocycles. The molecule has 90 valence electrons. The Morgan fingerprint density at radius 3 is 2.88 bits per heavy atom. The fourth-order valence-electron chi connectivity index (χ4n) is 1.63. The summed E-state index contributed by atoms with van der Waals surface area (Å²) in [5.74, 6) is 1.56. The normalized spacial score (nSPS) is 12.4. The fourth-order valence-corrected chi connectivity index (χ4v) is 1.63. The number of nitrogens with zero attached hydrogens (tertiary/aromatic N) is 1. The molecule has 0 radical (unpaired) electrons. The van der Waals surface area contributed by atoms with Crippen LogP contribution >= 0.6 is 0 Å². The minimum atomic E-state index is 0.116. The molecule has 1 heterocycles. The van der Waals surface area contributed by atoms with Gasteiger partial charge in [0, 0.05) is 12.1 Å². The number of para-hydroxylation sites is 1. The largest absolute Gasteiger partial charge is 0.485 e. The first kappa shape index (κ1) is 11.7. The van der Waals surface area contributed by atoms with Gasteiger partial charge in [-0.1, -0.05) is 23.4 Å². The predicted molar refractivity (Wildman–Crippen MR) is 64.6 cm³/mol. The van der Waals surface area contributed by atoms with E-state index in [9.17, 15) is 0 Å². The number of nitrogens with two attached hydrogens (primary N) is 1. The smallest absolute Gasteiger partial charge is 0.174 e. The van der Waals surface area contributed by atoms with E-state index in [1.807, 2.05) is 31.2 Å². The van der Waals surface area contributed by atoms with Crippen LogP contribution in [0.1, 0.15) is 18.2 Å². The maximum absolute atomic E-state index is 5.80. The molecule has 1 atom stereocenters. The van der Waals surface area contributed by atoms with Crippen LogP contribution in [0.4, 0.5) is 0 Å². The molecule has 1 aromatic carbocycles. The molecule has 0 fully saturated rings. The summed E-state index contributed by atoms with van der Waals surface area (Å²) in [6.45, 7) is 2.36. The third kappa shape index (κ3) is 3.32. The molecule has 4 nitrogen and oxygen atoms in total. The van der Waals surface area contributed by atoms with Crippen molar-refractivity contribution in [1.29, 1.82) is 0 Å². The third-order valence-electron chi connectivity index (χ3n) is 2.38. The summed E-state index contributed by atoms with van der Waals surface area (Å²) in [5.41, 5.74) is 6.91. The first-order chi connectivity index (χ1) is 8.25. The van der Waals surface area contributed by atoms with E-state index < -0.39 is 0 Å². The van der Waals surface area contributed by atoms with Gasteiger partial charge in [-0.2, -0.15) is 0 Å². The lowest BCUT2D eigenvalue weighted by Gasteiger charge is -2.11. The molecule has 1 aromatic heterocycles. The second kappa shape index (κ2) is 5.50. The number of aromatic nitrogens is 1. The molecule has 0 aliphatic heterocycles. The van der Waals surface area contributed by atoms with E-state index in [4.69, 9.17) is 15.0 Å². The van der Waals surface area contributed by atoms with Gasteiger partial charge in [0.1, 0.15) is 12.4 Å². The van der Waals surface area contributed by atoms with Crippen LogP contribution in [0.2, 0.25) is 0 Å². The Bertz CT molecular complexity index is 452. The highest BCUT2D eigenvalue weighted by atomic mass is 16.5. The highest BCUT2D eigenvalue weighted by molar-refractivity contribution is 5.33. The Morgan fingerprint density at radius 1 is 1.35 bits per heavy atom. The lowest BCUT2D eigenvalue weighted by Crippen LogP contribution is -2.18. The van der Waals surface area contributed by atoms with Crippen molar-refractivity contribution in [3.05, 3.63) is 47.9 Å². The predicted octanol–water partition coefficient (Wildman–Crippen LogP) is 2.14. The first-order valence-electron chi connectivity index (χ1n) is 5.61. The van der Waals surface area contributed by atoms with E-state index >= 15 is 0 Å². The summed E-state index contributed by atoms with van der Waals surface area (Å²) in [6.07, 6.45) is 2.40. The standard InChI is InChI=1S/C13H16N2O2/c1-10(14)8-11-4-2-3-5-13(11)16-9-12-6-7-15-17-12/h2-7,10H,8-9,14H2,1H3. The topological polar surface area (TPSA) is 61.3 Å². The van der Waals surface area contributed by atoms with Gasteiger partial charge in [0.25, 0.3) is 0 Å². The quantitative estimate of drug-likeness (QED) is 0.858. The van der Waals surface area contributed by atoms with Crippen molar-refractivity contribution >= 4 is 0 Å². The lowest BCUT2D eigenvalue weighted by atomic mass is 10.1. The lowest BCUT2D eigenvalue weighted by molar-refractivity contribution is 0.247. The van der Waals surface area contributed by atoms with Crippen LogP contribution < -0.4 is 10.5 Å². The van der Waals surface area contributed by atoms with E-state index in [0.717, 1.165) is 17.7 Å². The number of hydrogen-bond donors (Lipinski definition) is 1. The SMILES string of the molecule is CC(N)Cc1ccccc1OCc1ccno1.